The van der Waals surface area contributed by atoms with Crippen molar-refractivity contribution < 1.29 is 4.74 Å². The van der Waals surface area contributed by atoms with Crippen LogP contribution in [0.4, 0.5) is 22.7 Å². The largest absolute Gasteiger partial charge is 0.457 e. The fourth-order valence-electron chi connectivity index (χ4n) is 10.9. The Balaban J connectivity index is 1.09. The molecule has 5 nitrogen and oxygen atoms in total. The third-order valence-electron chi connectivity index (χ3n) is 15.2. The lowest BCUT2D eigenvalue weighted by atomic mass is 9.74. The molecule has 0 amide bonds. The first-order valence-corrected chi connectivity index (χ1v) is 26.2. The zero-order valence-corrected chi connectivity index (χ0v) is 45.0. The zero-order chi connectivity index (χ0) is 51.7. The predicted octanol–water partition coefficient (Wildman–Crippen LogP) is 18.8. The van der Waals surface area contributed by atoms with Crippen LogP contribution >= 0.6 is 0 Å². The van der Waals surface area contributed by atoms with Crippen LogP contribution in [0.2, 0.25) is 0 Å². The van der Waals surface area contributed by atoms with Gasteiger partial charge >= 0.3 is 0 Å². The zero-order valence-electron chi connectivity index (χ0n) is 45.0. The van der Waals surface area contributed by atoms with Gasteiger partial charge in [0.1, 0.15) is 24.0 Å². The summed E-state index contributed by atoms with van der Waals surface area (Å²) in [5, 5.41) is 2.33. The molecule has 1 aliphatic heterocycles. The molecule has 2 aromatic heterocycles. The van der Waals surface area contributed by atoms with Crippen molar-refractivity contribution >= 4 is 44.6 Å². The quantitative estimate of drug-likeness (QED) is 0.144. The Labute approximate surface area is 438 Å². The lowest BCUT2D eigenvalue weighted by Gasteiger charge is -2.32. The molecule has 74 heavy (non-hydrogen) atoms. The van der Waals surface area contributed by atoms with Crippen LogP contribution in [0.15, 0.2) is 200 Å². The van der Waals surface area contributed by atoms with E-state index in [2.05, 4.69) is 285 Å². The average Bonchev–Trinajstić information content (AvgIpc) is 3.94. The van der Waals surface area contributed by atoms with Crippen LogP contribution in [0.1, 0.15) is 104 Å². The highest BCUT2D eigenvalue weighted by atomic mass is 16.5. The number of rotatable bonds is 9. The van der Waals surface area contributed by atoms with E-state index in [1.54, 1.807) is 0 Å². The number of aromatic nitrogens is 2. The molecule has 0 atom stereocenters. The maximum absolute atomic E-state index is 7.14. The minimum absolute atomic E-state index is 0.0310. The van der Waals surface area contributed by atoms with Gasteiger partial charge in [0.25, 0.3) is 0 Å². The van der Waals surface area contributed by atoms with Crippen LogP contribution in [0, 0.1) is 0 Å². The van der Waals surface area contributed by atoms with Crippen molar-refractivity contribution in [3.8, 4) is 39.6 Å². The van der Waals surface area contributed by atoms with Crippen LogP contribution in [-0.2, 0) is 21.7 Å². The van der Waals surface area contributed by atoms with Gasteiger partial charge in [-0.3, -0.25) is 4.57 Å². The standard InChI is InChI=1S/C69H68N4O/c1-66(2,3)51-33-34-70-65(40-51)73-61-30-22-21-29-57(61)58-32-31-55(42-62(58)73)74-56-38-49(47-25-17-13-18-26-47)37-54(41-56)72-45-71(63-43-59(67(4,5)6)60(44-64(63)72)68(7,8)9)53-36-48(46-23-15-12-16-24-46)35-52(39-53)69(10,11)50-27-19-14-20-28-50/h12-44H,45H2,1-11H3. The van der Waals surface area contributed by atoms with Crippen LogP contribution in [0.5, 0.6) is 11.5 Å². The molecule has 5 heteroatoms. The average molecular weight is 969 g/mol. The van der Waals surface area contributed by atoms with E-state index in [1.165, 1.54) is 55.7 Å². The van der Waals surface area contributed by atoms with Crippen molar-refractivity contribution in [3.05, 3.63) is 228 Å². The van der Waals surface area contributed by atoms with Gasteiger partial charge in [-0.15, -0.1) is 0 Å². The molecule has 0 N–H and O–H groups in total. The number of hydrogen-bond donors (Lipinski definition) is 0. The summed E-state index contributed by atoms with van der Waals surface area (Å²) in [5.74, 6) is 2.40. The molecular formula is C69H68N4O. The maximum Gasteiger partial charge on any atom is 0.137 e. The number of anilines is 4. The molecule has 0 spiro atoms. The molecule has 0 radical (unpaired) electrons. The van der Waals surface area contributed by atoms with E-state index < -0.39 is 0 Å². The Morgan fingerprint density at radius 2 is 0.932 bits per heavy atom. The van der Waals surface area contributed by atoms with E-state index in [1.807, 2.05) is 6.20 Å². The van der Waals surface area contributed by atoms with Crippen molar-refractivity contribution in [2.75, 3.05) is 16.5 Å². The molecule has 0 aliphatic carbocycles. The van der Waals surface area contributed by atoms with Gasteiger partial charge in [0.05, 0.1) is 22.4 Å². The molecule has 0 saturated carbocycles. The smallest absolute Gasteiger partial charge is 0.137 e. The highest BCUT2D eigenvalue weighted by molar-refractivity contribution is 6.09. The Morgan fingerprint density at radius 3 is 1.53 bits per heavy atom. The lowest BCUT2D eigenvalue weighted by Crippen LogP contribution is -2.25. The lowest BCUT2D eigenvalue weighted by molar-refractivity contribution is 0.483. The number of para-hydroxylation sites is 1. The number of nitrogens with zero attached hydrogens (tertiary/aromatic N) is 4. The number of ether oxygens (including phenoxy) is 1. The summed E-state index contributed by atoms with van der Waals surface area (Å²) in [6.45, 7) is 26.1. The second-order valence-electron chi connectivity index (χ2n) is 23.9. The molecule has 1 aliphatic rings. The van der Waals surface area contributed by atoms with E-state index in [9.17, 15) is 0 Å². The van der Waals surface area contributed by atoms with Gasteiger partial charge in [-0.05, 0) is 133 Å². The Kier molecular flexibility index (Phi) is 11.9. The third-order valence-corrected chi connectivity index (χ3v) is 15.2. The SMILES string of the molecule is CC(C)(C)c1ccnc(-n2c3ccccc3c3ccc(Oc4cc(-c5ccccc5)cc(N5CN(c6cc(-c7ccccc7)cc(C(C)(C)c7ccccc7)c6)c6cc(C(C)(C)C)c(C(C)(C)C)cc65)c4)cc32)c1. The molecule has 0 fully saturated rings. The normalized spacial score (nSPS) is 13.2. The van der Waals surface area contributed by atoms with Crippen molar-refractivity contribution in [1.29, 1.82) is 0 Å². The Hall–Kier alpha value is -7.89. The van der Waals surface area contributed by atoms with Gasteiger partial charge in [0, 0.05) is 45.9 Å². The predicted molar refractivity (Wildman–Crippen MR) is 313 cm³/mol. The molecular weight excluding hydrogens is 901 g/mol. The van der Waals surface area contributed by atoms with Crippen molar-refractivity contribution in [1.82, 2.24) is 9.55 Å². The molecule has 0 saturated heterocycles. The molecule has 3 heterocycles. The summed E-state index contributed by atoms with van der Waals surface area (Å²) >= 11 is 0. The summed E-state index contributed by atoms with van der Waals surface area (Å²) in [6, 6.07) is 70.8. The monoisotopic (exact) mass is 969 g/mol. The van der Waals surface area contributed by atoms with Crippen LogP contribution in [-0.4, -0.2) is 16.2 Å². The molecule has 8 aromatic carbocycles. The topological polar surface area (TPSA) is 33.5 Å². The highest BCUT2D eigenvalue weighted by Gasteiger charge is 2.36. The van der Waals surface area contributed by atoms with Crippen LogP contribution < -0.4 is 14.5 Å². The van der Waals surface area contributed by atoms with E-state index in [0.29, 0.717) is 6.67 Å². The molecule has 370 valence electrons. The Morgan fingerprint density at radius 1 is 0.392 bits per heavy atom. The van der Waals surface area contributed by atoms with Gasteiger partial charge in [-0.25, -0.2) is 4.98 Å². The van der Waals surface area contributed by atoms with E-state index in [4.69, 9.17) is 9.72 Å². The highest BCUT2D eigenvalue weighted by Crippen LogP contribution is 2.52. The number of fused-ring (bicyclic) bond motifs is 4. The number of benzene rings is 8. The summed E-state index contributed by atoms with van der Waals surface area (Å²) in [4.78, 5) is 10.0. The summed E-state index contributed by atoms with van der Waals surface area (Å²) < 4.78 is 9.42. The fraction of sp³-hybridized carbons (Fsp3) is 0.232. The van der Waals surface area contributed by atoms with Crippen molar-refractivity contribution in [2.24, 2.45) is 0 Å². The first-order valence-electron chi connectivity index (χ1n) is 26.2. The molecule has 0 unspecified atom stereocenters. The van der Waals surface area contributed by atoms with E-state index >= 15 is 0 Å². The minimum Gasteiger partial charge on any atom is -0.457 e. The second-order valence-corrected chi connectivity index (χ2v) is 23.9. The van der Waals surface area contributed by atoms with Crippen molar-refractivity contribution in [3.63, 3.8) is 0 Å². The summed E-state index contributed by atoms with van der Waals surface area (Å²) in [5.41, 5.74) is 17.3. The van der Waals surface area contributed by atoms with Crippen LogP contribution in [0.3, 0.4) is 0 Å². The van der Waals surface area contributed by atoms with Crippen LogP contribution in [0.25, 0.3) is 49.9 Å². The fourth-order valence-corrected chi connectivity index (χ4v) is 10.9. The summed E-state index contributed by atoms with van der Waals surface area (Å²) in [6.07, 6.45) is 1.93. The van der Waals surface area contributed by atoms with Gasteiger partial charge in [0.2, 0.25) is 0 Å². The number of pyridine rings is 1. The number of hydrogen-bond acceptors (Lipinski definition) is 4. The van der Waals surface area contributed by atoms with Gasteiger partial charge in [-0.1, -0.05) is 191 Å². The van der Waals surface area contributed by atoms with E-state index in [0.717, 1.165) is 56.2 Å². The summed E-state index contributed by atoms with van der Waals surface area (Å²) in [7, 11) is 0. The first-order chi connectivity index (χ1) is 35.3. The third kappa shape index (κ3) is 9.04. The minimum atomic E-state index is -0.268. The molecule has 11 rings (SSSR count). The molecule has 0 bridgehead atoms. The maximum atomic E-state index is 7.14. The van der Waals surface area contributed by atoms with Gasteiger partial charge < -0.3 is 14.5 Å². The first kappa shape index (κ1) is 48.4. The Bertz CT molecular complexity index is 3700. The van der Waals surface area contributed by atoms with E-state index in [-0.39, 0.29) is 21.7 Å². The van der Waals surface area contributed by atoms with Gasteiger partial charge in [0.15, 0.2) is 0 Å². The van der Waals surface area contributed by atoms with Gasteiger partial charge in [-0.2, -0.15) is 0 Å². The van der Waals surface area contributed by atoms with Crippen molar-refractivity contribution in [2.45, 2.75) is 97.8 Å². The molecule has 10 aromatic rings. The second kappa shape index (κ2) is 18.2.